The van der Waals surface area contributed by atoms with E-state index in [-0.39, 0.29) is 24.6 Å². The number of likely N-dealkylation sites (tertiary alicyclic amines) is 1. The highest BCUT2D eigenvalue weighted by molar-refractivity contribution is 5.76. The summed E-state index contributed by atoms with van der Waals surface area (Å²) >= 11 is 0. The van der Waals surface area contributed by atoms with Crippen LogP contribution in [0.4, 0.5) is 0 Å². The second-order valence-electron chi connectivity index (χ2n) is 6.92. The van der Waals surface area contributed by atoms with Gasteiger partial charge in [0.2, 0.25) is 18.6 Å². The van der Waals surface area contributed by atoms with Crippen LogP contribution in [0.5, 0.6) is 11.5 Å². The lowest BCUT2D eigenvalue weighted by atomic mass is 10.1. The van der Waals surface area contributed by atoms with E-state index >= 15 is 0 Å². The Balaban J connectivity index is 1.40. The molecule has 1 aromatic rings. The van der Waals surface area contributed by atoms with Crippen molar-refractivity contribution in [1.29, 1.82) is 0 Å². The summed E-state index contributed by atoms with van der Waals surface area (Å²) in [5, 5.41) is 5.70. The molecule has 0 aromatic heterocycles. The van der Waals surface area contributed by atoms with Crippen molar-refractivity contribution >= 4 is 11.8 Å². The molecule has 2 amide bonds. The minimum atomic E-state index is 0.0471. The minimum absolute atomic E-state index is 0.0471. The minimum Gasteiger partial charge on any atom is -0.454 e. The maximum atomic E-state index is 12.2. The van der Waals surface area contributed by atoms with Crippen molar-refractivity contribution in [3.8, 4) is 11.5 Å². The van der Waals surface area contributed by atoms with Gasteiger partial charge in [0, 0.05) is 38.5 Å². The Bertz CT molecular complexity index is 664. The highest BCUT2D eigenvalue weighted by Crippen LogP contribution is 2.32. The number of carbonyl (C=O) groups is 2. The molecule has 2 heterocycles. The molecule has 1 saturated heterocycles. The average molecular weight is 361 g/mol. The lowest BCUT2D eigenvalue weighted by Gasteiger charge is -2.25. The summed E-state index contributed by atoms with van der Waals surface area (Å²) in [6, 6.07) is 6.33. The fourth-order valence-electron chi connectivity index (χ4n) is 3.57. The fraction of sp³-hybridized carbons (Fsp3) is 0.579. The van der Waals surface area contributed by atoms with Gasteiger partial charge in [-0.2, -0.15) is 0 Å². The molecule has 0 aliphatic carbocycles. The molecule has 0 radical (unpaired) electrons. The molecule has 2 aliphatic heterocycles. The topological polar surface area (TPSA) is 79.9 Å². The Hall–Kier alpha value is -2.28. The number of fused-ring (bicyclic) bond motifs is 1. The first-order valence-electron chi connectivity index (χ1n) is 9.14. The summed E-state index contributed by atoms with van der Waals surface area (Å²) in [5.74, 6) is 1.62. The van der Waals surface area contributed by atoms with E-state index in [4.69, 9.17) is 9.47 Å². The first-order valence-corrected chi connectivity index (χ1v) is 9.14. The van der Waals surface area contributed by atoms with Gasteiger partial charge in [-0.05, 0) is 44.0 Å². The Morgan fingerprint density at radius 3 is 2.73 bits per heavy atom. The van der Waals surface area contributed by atoms with Gasteiger partial charge in [0.25, 0.3) is 0 Å². The third-order valence-electron chi connectivity index (χ3n) is 5.30. The molecule has 1 aromatic carbocycles. The highest BCUT2D eigenvalue weighted by Gasteiger charge is 2.31. The molecule has 0 bridgehead atoms. The number of ether oxygens (including phenoxy) is 2. The summed E-state index contributed by atoms with van der Waals surface area (Å²) in [5.41, 5.74) is 1.06. The molecular formula is C19H27N3O4. The van der Waals surface area contributed by atoms with Crippen LogP contribution >= 0.6 is 0 Å². The molecule has 142 valence electrons. The lowest BCUT2D eigenvalue weighted by molar-refractivity contribution is -0.122. The van der Waals surface area contributed by atoms with Crippen LogP contribution in [-0.2, 0) is 16.0 Å². The lowest BCUT2D eigenvalue weighted by Crippen LogP contribution is -2.42. The number of nitrogens with zero attached hydrogens (tertiary/aromatic N) is 1. The fourth-order valence-corrected chi connectivity index (χ4v) is 3.57. The van der Waals surface area contributed by atoms with Gasteiger partial charge in [-0.25, -0.2) is 0 Å². The maximum Gasteiger partial charge on any atom is 0.231 e. The number of nitrogens with one attached hydrogen (secondary N) is 2. The Morgan fingerprint density at radius 2 is 1.92 bits per heavy atom. The Kier molecular flexibility index (Phi) is 5.98. The summed E-state index contributed by atoms with van der Waals surface area (Å²) < 4.78 is 10.7. The third-order valence-corrected chi connectivity index (χ3v) is 5.30. The zero-order valence-corrected chi connectivity index (χ0v) is 15.4. The van der Waals surface area contributed by atoms with Crippen LogP contribution in [0.15, 0.2) is 18.2 Å². The monoisotopic (exact) mass is 361 g/mol. The van der Waals surface area contributed by atoms with Crippen LogP contribution in [-0.4, -0.2) is 56.2 Å². The second-order valence-corrected chi connectivity index (χ2v) is 6.92. The molecule has 26 heavy (non-hydrogen) atoms. The molecule has 7 nitrogen and oxygen atoms in total. The number of aryl methyl sites for hydroxylation is 1. The number of amides is 2. The SMILES string of the molecule is CNC(=O)C[C@H]1CC[C@@H](CNC(=O)CCc2ccc3c(c2)OCO3)N1C. The summed E-state index contributed by atoms with van der Waals surface area (Å²) in [6.07, 6.45) is 3.61. The standard InChI is InChI=1S/C19H27N3O4/c1-20-19(24)10-14-5-6-15(22(14)2)11-21-18(23)8-4-13-3-7-16-17(9-13)26-12-25-16/h3,7,9,14-15H,4-6,8,10-12H2,1-2H3,(H,20,24)(H,21,23)/t14-,15+/m1/s1. The number of rotatable bonds is 7. The molecule has 2 atom stereocenters. The summed E-state index contributed by atoms with van der Waals surface area (Å²) in [7, 11) is 3.69. The average Bonchev–Trinajstić information content (AvgIpc) is 3.25. The highest BCUT2D eigenvalue weighted by atomic mass is 16.7. The van der Waals surface area contributed by atoms with Gasteiger partial charge >= 0.3 is 0 Å². The van der Waals surface area contributed by atoms with Gasteiger partial charge in [0.15, 0.2) is 11.5 Å². The van der Waals surface area contributed by atoms with Gasteiger partial charge in [-0.15, -0.1) is 0 Å². The molecule has 7 heteroatoms. The molecule has 2 aliphatic rings. The van der Waals surface area contributed by atoms with Crippen molar-refractivity contribution in [2.45, 2.75) is 44.2 Å². The van der Waals surface area contributed by atoms with Crippen molar-refractivity contribution in [1.82, 2.24) is 15.5 Å². The maximum absolute atomic E-state index is 12.2. The van der Waals surface area contributed by atoms with Crippen LogP contribution in [0, 0.1) is 0 Å². The van der Waals surface area contributed by atoms with E-state index in [2.05, 4.69) is 15.5 Å². The summed E-state index contributed by atoms with van der Waals surface area (Å²) in [6.45, 7) is 0.885. The first-order chi connectivity index (χ1) is 12.6. The molecule has 1 fully saturated rings. The number of benzene rings is 1. The van der Waals surface area contributed by atoms with E-state index < -0.39 is 0 Å². The van der Waals surface area contributed by atoms with Crippen molar-refractivity contribution < 1.29 is 19.1 Å². The molecular weight excluding hydrogens is 334 g/mol. The Labute approximate surface area is 154 Å². The van der Waals surface area contributed by atoms with Crippen LogP contribution < -0.4 is 20.1 Å². The molecule has 0 unspecified atom stereocenters. The van der Waals surface area contributed by atoms with E-state index in [1.165, 1.54) is 0 Å². The number of likely N-dealkylation sites (N-methyl/N-ethyl adjacent to an activating group) is 1. The molecule has 3 rings (SSSR count). The first kappa shape index (κ1) is 18.5. The van der Waals surface area contributed by atoms with Gasteiger partial charge in [0.1, 0.15) is 0 Å². The van der Waals surface area contributed by atoms with Gasteiger partial charge in [0.05, 0.1) is 0 Å². The molecule has 0 saturated carbocycles. The van der Waals surface area contributed by atoms with Gasteiger partial charge in [-0.3, -0.25) is 14.5 Å². The largest absolute Gasteiger partial charge is 0.454 e. The van der Waals surface area contributed by atoms with Crippen molar-refractivity contribution in [2.24, 2.45) is 0 Å². The second kappa shape index (κ2) is 8.40. The van der Waals surface area contributed by atoms with E-state index in [0.29, 0.717) is 31.8 Å². The predicted molar refractivity (Wildman–Crippen MR) is 97.2 cm³/mol. The Morgan fingerprint density at radius 1 is 1.15 bits per heavy atom. The zero-order chi connectivity index (χ0) is 18.5. The quantitative estimate of drug-likeness (QED) is 0.759. The predicted octanol–water partition coefficient (Wildman–Crippen LogP) is 1.06. The van der Waals surface area contributed by atoms with Crippen LogP contribution in [0.3, 0.4) is 0 Å². The van der Waals surface area contributed by atoms with Crippen LogP contribution in [0.1, 0.15) is 31.2 Å². The van der Waals surface area contributed by atoms with Crippen LogP contribution in [0.25, 0.3) is 0 Å². The normalized spacial score (nSPS) is 21.6. The van der Waals surface area contributed by atoms with Gasteiger partial charge in [-0.1, -0.05) is 6.07 Å². The zero-order valence-electron chi connectivity index (χ0n) is 15.4. The van der Waals surface area contributed by atoms with Gasteiger partial charge < -0.3 is 20.1 Å². The number of hydrogen-bond acceptors (Lipinski definition) is 5. The van der Waals surface area contributed by atoms with E-state index in [0.717, 1.165) is 29.9 Å². The molecule has 2 N–H and O–H groups in total. The van der Waals surface area contributed by atoms with Crippen LogP contribution in [0.2, 0.25) is 0 Å². The third kappa shape index (κ3) is 4.46. The van der Waals surface area contributed by atoms with Crippen molar-refractivity contribution in [2.75, 3.05) is 27.4 Å². The van der Waals surface area contributed by atoms with Crippen molar-refractivity contribution in [3.63, 3.8) is 0 Å². The molecule has 0 spiro atoms. The van der Waals surface area contributed by atoms with Crippen molar-refractivity contribution in [3.05, 3.63) is 23.8 Å². The van der Waals surface area contributed by atoms with E-state index in [1.54, 1.807) is 7.05 Å². The van der Waals surface area contributed by atoms with E-state index in [9.17, 15) is 9.59 Å². The van der Waals surface area contributed by atoms with E-state index in [1.807, 2.05) is 25.2 Å². The smallest absolute Gasteiger partial charge is 0.231 e. The number of carbonyl (C=O) groups excluding carboxylic acids is 2. The number of hydrogen-bond donors (Lipinski definition) is 2. The summed E-state index contributed by atoms with van der Waals surface area (Å²) in [4.78, 5) is 25.9.